The number of hydrogen-bond donors (Lipinski definition) is 1. The third kappa shape index (κ3) is 5.68. The highest BCUT2D eigenvalue weighted by Crippen LogP contribution is 2.18. The first-order chi connectivity index (χ1) is 11.0. The predicted molar refractivity (Wildman–Crippen MR) is 93.1 cm³/mol. The average molecular weight is 340 g/mol. The van der Waals surface area contributed by atoms with Crippen LogP contribution in [0.1, 0.15) is 13.8 Å². The Kier molecular flexibility index (Phi) is 6.69. The van der Waals surface area contributed by atoms with Crippen molar-refractivity contribution in [2.24, 2.45) is 0 Å². The molecule has 1 aromatic rings. The molecular weight excluding hydrogens is 314 g/mol. The van der Waals surface area contributed by atoms with E-state index in [1.54, 1.807) is 31.2 Å². The summed E-state index contributed by atoms with van der Waals surface area (Å²) < 4.78 is 5.63. The van der Waals surface area contributed by atoms with E-state index < -0.39 is 6.10 Å². The van der Waals surface area contributed by atoms with Crippen LogP contribution in [0.4, 0.5) is 0 Å². The SMILES string of the molecule is C[C@H](Oc1cccc(Cl)c1)C(=O)NC[C@H](C)N1CCN(C)CC1. The number of carbonyl (C=O) groups is 1. The Labute approximate surface area is 143 Å². The van der Waals surface area contributed by atoms with Crippen LogP contribution in [0.3, 0.4) is 0 Å². The van der Waals surface area contributed by atoms with Crippen LogP contribution in [0.5, 0.6) is 5.75 Å². The number of amides is 1. The molecule has 1 saturated heterocycles. The maximum absolute atomic E-state index is 12.2. The van der Waals surface area contributed by atoms with Crippen LogP contribution in [0.2, 0.25) is 5.02 Å². The fourth-order valence-electron chi connectivity index (χ4n) is 2.58. The van der Waals surface area contributed by atoms with E-state index in [9.17, 15) is 4.79 Å². The zero-order chi connectivity index (χ0) is 16.8. The van der Waals surface area contributed by atoms with Crippen LogP contribution in [0.15, 0.2) is 24.3 Å². The van der Waals surface area contributed by atoms with Gasteiger partial charge in [-0.05, 0) is 39.1 Å². The van der Waals surface area contributed by atoms with Gasteiger partial charge in [0.05, 0.1) is 0 Å². The lowest BCUT2D eigenvalue weighted by Crippen LogP contribution is -2.52. The lowest BCUT2D eigenvalue weighted by Gasteiger charge is -2.36. The molecule has 0 aliphatic carbocycles. The van der Waals surface area contributed by atoms with Gasteiger partial charge in [0, 0.05) is 43.8 Å². The van der Waals surface area contributed by atoms with E-state index in [0.717, 1.165) is 26.2 Å². The van der Waals surface area contributed by atoms with Crippen LogP contribution >= 0.6 is 11.6 Å². The van der Waals surface area contributed by atoms with Crippen molar-refractivity contribution in [1.82, 2.24) is 15.1 Å². The van der Waals surface area contributed by atoms with Gasteiger partial charge in [0.25, 0.3) is 5.91 Å². The molecule has 0 unspecified atom stereocenters. The Bertz CT molecular complexity index is 518. The molecule has 2 atom stereocenters. The first-order valence-electron chi connectivity index (χ1n) is 8.08. The molecule has 1 aromatic carbocycles. The molecule has 0 spiro atoms. The smallest absolute Gasteiger partial charge is 0.260 e. The number of piperazine rings is 1. The summed E-state index contributed by atoms with van der Waals surface area (Å²) >= 11 is 5.92. The summed E-state index contributed by atoms with van der Waals surface area (Å²) in [4.78, 5) is 16.9. The van der Waals surface area contributed by atoms with Crippen LogP contribution in [0, 0.1) is 0 Å². The number of rotatable bonds is 6. The predicted octanol–water partition coefficient (Wildman–Crippen LogP) is 1.86. The van der Waals surface area contributed by atoms with E-state index in [2.05, 4.69) is 29.1 Å². The molecule has 1 amide bonds. The lowest BCUT2D eigenvalue weighted by atomic mass is 10.2. The Morgan fingerprint density at radius 3 is 2.65 bits per heavy atom. The minimum atomic E-state index is -0.548. The van der Waals surface area contributed by atoms with E-state index in [1.165, 1.54) is 0 Å². The maximum atomic E-state index is 12.2. The molecule has 2 rings (SSSR count). The molecule has 1 heterocycles. The number of hydrogen-bond acceptors (Lipinski definition) is 4. The summed E-state index contributed by atoms with van der Waals surface area (Å²) in [5.74, 6) is 0.498. The van der Waals surface area contributed by atoms with Crippen LogP contribution in [-0.2, 0) is 4.79 Å². The summed E-state index contributed by atoms with van der Waals surface area (Å²) in [5.41, 5.74) is 0. The number of nitrogens with zero attached hydrogens (tertiary/aromatic N) is 2. The van der Waals surface area contributed by atoms with Crippen molar-refractivity contribution in [1.29, 1.82) is 0 Å². The second-order valence-corrected chi connectivity index (χ2v) is 6.59. The molecule has 1 aliphatic rings. The second-order valence-electron chi connectivity index (χ2n) is 6.15. The Morgan fingerprint density at radius 2 is 2.00 bits per heavy atom. The van der Waals surface area contributed by atoms with Gasteiger partial charge < -0.3 is 15.0 Å². The third-order valence-corrected chi connectivity index (χ3v) is 4.45. The maximum Gasteiger partial charge on any atom is 0.260 e. The van der Waals surface area contributed by atoms with Gasteiger partial charge in [0.1, 0.15) is 5.75 Å². The highest BCUT2D eigenvalue weighted by molar-refractivity contribution is 6.30. The number of carbonyl (C=O) groups excluding carboxylic acids is 1. The number of benzene rings is 1. The van der Waals surface area contributed by atoms with Crippen molar-refractivity contribution in [3.05, 3.63) is 29.3 Å². The molecule has 1 fully saturated rings. The standard InChI is InChI=1S/C17H26ClN3O2/c1-13(21-9-7-20(3)8-10-21)12-19-17(22)14(2)23-16-6-4-5-15(18)11-16/h4-6,11,13-14H,7-10,12H2,1-3H3,(H,19,22)/t13-,14-/m0/s1. The average Bonchev–Trinajstić information content (AvgIpc) is 2.53. The molecule has 5 nitrogen and oxygen atoms in total. The molecule has 128 valence electrons. The van der Waals surface area contributed by atoms with Gasteiger partial charge in [-0.1, -0.05) is 17.7 Å². The molecule has 0 saturated carbocycles. The zero-order valence-electron chi connectivity index (χ0n) is 14.1. The van der Waals surface area contributed by atoms with Crippen molar-refractivity contribution >= 4 is 17.5 Å². The Hall–Kier alpha value is -1.30. The summed E-state index contributed by atoms with van der Waals surface area (Å²) in [6.07, 6.45) is -0.548. The highest BCUT2D eigenvalue weighted by atomic mass is 35.5. The van der Waals surface area contributed by atoms with Gasteiger partial charge in [-0.25, -0.2) is 0 Å². The van der Waals surface area contributed by atoms with Gasteiger partial charge in [-0.15, -0.1) is 0 Å². The van der Waals surface area contributed by atoms with Crippen molar-refractivity contribution in [2.75, 3.05) is 39.8 Å². The van der Waals surface area contributed by atoms with Crippen LogP contribution in [0.25, 0.3) is 0 Å². The number of nitrogens with one attached hydrogen (secondary N) is 1. The summed E-state index contributed by atoms with van der Waals surface area (Å²) in [6, 6.07) is 7.40. The fourth-order valence-corrected chi connectivity index (χ4v) is 2.76. The highest BCUT2D eigenvalue weighted by Gasteiger charge is 2.21. The molecule has 1 N–H and O–H groups in total. The van der Waals surface area contributed by atoms with E-state index >= 15 is 0 Å². The zero-order valence-corrected chi connectivity index (χ0v) is 14.8. The van der Waals surface area contributed by atoms with Gasteiger partial charge in [0.2, 0.25) is 0 Å². The molecule has 0 radical (unpaired) electrons. The van der Waals surface area contributed by atoms with Crippen molar-refractivity contribution in [2.45, 2.75) is 26.0 Å². The largest absolute Gasteiger partial charge is 0.481 e. The number of ether oxygens (including phenoxy) is 1. The van der Waals surface area contributed by atoms with E-state index in [-0.39, 0.29) is 5.91 Å². The molecule has 0 bridgehead atoms. The fraction of sp³-hybridized carbons (Fsp3) is 0.588. The molecule has 1 aliphatic heterocycles. The summed E-state index contributed by atoms with van der Waals surface area (Å²) in [5, 5.41) is 3.57. The molecule has 23 heavy (non-hydrogen) atoms. The van der Waals surface area contributed by atoms with E-state index in [0.29, 0.717) is 23.4 Å². The first kappa shape index (κ1) is 18.0. The van der Waals surface area contributed by atoms with Gasteiger partial charge in [0.15, 0.2) is 6.10 Å². The second kappa shape index (κ2) is 8.52. The van der Waals surface area contributed by atoms with Crippen molar-refractivity contribution in [3.63, 3.8) is 0 Å². The van der Waals surface area contributed by atoms with E-state index in [1.807, 2.05) is 0 Å². The quantitative estimate of drug-likeness (QED) is 0.859. The monoisotopic (exact) mass is 339 g/mol. The van der Waals surface area contributed by atoms with Crippen LogP contribution in [-0.4, -0.2) is 67.6 Å². The lowest BCUT2D eigenvalue weighted by molar-refractivity contribution is -0.127. The molecular formula is C17H26ClN3O2. The third-order valence-electron chi connectivity index (χ3n) is 4.21. The number of halogens is 1. The van der Waals surface area contributed by atoms with Crippen molar-refractivity contribution < 1.29 is 9.53 Å². The molecule has 6 heteroatoms. The summed E-state index contributed by atoms with van der Waals surface area (Å²) in [6.45, 7) is 8.76. The Balaban J connectivity index is 1.75. The number of likely N-dealkylation sites (N-methyl/N-ethyl adjacent to an activating group) is 1. The minimum absolute atomic E-state index is 0.106. The van der Waals surface area contributed by atoms with Gasteiger partial charge in [-0.2, -0.15) is 0 Å². The van der Waals surface area contributed by atoms with E-state index in [4.69, 9.17) is 16.3 Å². The minimum Gasteiger partial charge on any atom is -0.481 e. The summed E-state index contributed by atoms with van der Waals surface area (Å²) in [7, 11) is 2.14. The normalized spacial score (nSPS) is 19.1. The topological polar surface area (TPSA) is 44.8 Å². The van der Waals surface area contributed by atoms with Crippen molar-refractivity contribution in [3.8, 4) is 5.75 Å². The Morgan fingerprint density at radius 1 is 1.30 bits per heavy atom. The van der Waals surface area contributed by atoms with Crippen LogP contribution < -0.4 is 10.1 Å². The first-order valence-corrected chi connectivity index (χ1v) is 8.46. The van der Waals surface area contributed by atoms with Gasteiger partial charge >= 0.3 is 0 Å². The van der Waals surface area contributed by atoms with Gasteiger partial charge in [-0.3, -0.25) is 9.69 Å². The molecule has 0 aromatic heterocycles.